The molecule has 2 aliphatic rings. The molecule has 58 heavy (non-hydrogen) atoms. The van der Waals surface area contributed by atoms with Crippen molar-refractivity contribution >= 4 is 11.8 Å². The van der Waals surface area contributed by atoms with Gasteiger partial charge in [0, 0.05) is 30.0 Å². The van der Waals surface area contributed by atoms with Crippen LogP contribution < -0.4 is 20.1 Å². The Kier molecular flexibility index (Phi) is 25.1. The molecule has 0 aromatic heterocycles. The van der Waals surface area contributed by atoms with Gasteiger partial charge in [0.15, 0.2) is 0 Å². The Bertz CT molecular complexity index is 1600. The predicted octanol–water partition coefficient (Wildman–Crippen LogP) is 7.60. The minimum atomic E-state index is -0.106. The molecular formula is C48H72N4O6. The van der Waals surface area contributed by atoms with E-state index in [1.54, 1.807) is 32.4 Å². The van der Waals surface area contributed by atoms with E-state index < -0.39 is 0 Å². The predicted molar refractivity (Wildman–Crippen MR) is 238 cm³/mol. The minimum absolute atomic E-state index is 0. The summed E-state index contributed by atoms with van der Waals surface area (Å²) in [6.07, 6.45) is 27.4. The molecule has 320 valence electrons. The van der Waals surface area contributed by atoms with Crippen LogP contribution in [0, 0.1) is 36.5 Å². The molecule has 2 unspecified atom stereocenters. The van der Waals surface area contributed by atoms with Crippen LogP contribution in [0.3, 0.4) is 0 Å². The van der Waals surface area contributed by atoms with E-state index in [1.165, 1.54) is 38.5 Å². The Morgan fingerprint density at radius 1 is 0.707 bits per heavy atom. The summed E-state index contributed by atoms with van der Waals surface area (Å²) in [5, 5.41) is 6.93. The Morgan fingerprint density at radius 2 is 1.16 bits per heavy atom. The molecule has 2 aromatic rings. The fourth-order valence-corrected chi connectivity index (χ4v) is 8.08. The van der Waals surface area contributed by atoms with E-state index >= 15 is 0 Å². The molecule has 2 fully saturated rings. The highest BCUT2D eigenvalue weighted by Crippen LogP contribution is 2.34. The molecule has 0 heterocycles. The maximum Gasteiger partial charge on any atom is 0.258 e. The van der Waals surface area contributed by atoms with E-state index in [0.29, 0.717) is 28.7 Å². The number of nitrogens with zero attached hydrogens (tertiary/aromatic N) is 2. The summed E-state index contributed by atoms with van der Waals surface area (Å²) < 4.78 is 10.6. The van der Waals surface area contributed by atoms with Crippen LogP contribution in [0.25, 0.3) is 0 Å². The second-order valence-electron chi connectivity index (χ2n) is 15.0. The van der Waals surface area contributed by atoms with Crippen LogP contribution in [0.2, 0.25) is 0 Å². The standard InChI is InChI=1S/2C24H34N2O2.2H2O/c1-5-7-17-25-19(3)23(20-13-9-8-10-14-20)26(18-6-2)24(27)21-15-11-12-16-22(21)28-4;1-5-7-17-25-19(3)23(20-11-9-8-10-12-20)26(18-6-2)24(27)21-13-15-22(28-4)16-14-21;;/h2,11-12,15-16,20,23,25H,3,5,7-10,13-14,17-18H2,1,4H3;2,13-16,20,23,25H,3,5,7-12,17-18H2,1,4H3;2*1H2. The van der Waals surface area contributed by atoms with Gasteiger partial charge in [-0.15, -0.1) is 12.8 Å². The molecule has 6 N–H and O–H groups in total. The van der Waals surface area contributed by atoms with Gasteiger partial charge in [0.2, 0.25) is 0 Å². The smallest absolute Gasteiger partial charge is 0.258 e. The molecule has 2 aliphatic carbocycles. The zero-order chi connectivity index (χ0) is 40.7. The topological polar surface area (TPSA) is 146 Å². The van der Waals surface area contributed by atoms with Crippen molar-refractivity contribution in [3.63, 3.8) is 0 Å². The van der Waals surface area contributed by atoms with E-state index in [1.807, 2.05) is 40.1 Å². The van der Waals surface area contributed by atoms with Crippen LogP contribution in [0.4, 0.5) is 0 Å². The van der Waals surface area contributed by atoms with Crippen molar-refractivity contribution in [2.45, 2.75) is 116 Å². The van der Waals surface area contributed by atoms with Gasteiger partial charge in [-0.25, -0.2) is 0 Å². The summed E-state index contributed by atoms with van der Waals surface area (Å²) in [6, 6.07) is 14.4. The van der Waals surface area contributed by atoms with Gasteiger partial charge in [0.25, 0.3) is 11.8 Å². The Hall–Kier alpha value is -4.90. The van der Waals surface area contributed by atoms with E-state index in [4.69, 9.17) is 22.3 Å². The Labute approximate surface area is 349 Å². The molecule has 2 aromatic carbocycles. The average Bonchev–Trinajstić information content (AvgIpc) is 3.24. The first-order valence-electron chi connectivity index (χ1n) is 20.9. The summed E-state index contributed by atoms with van der Waals surface area (Å²) >= 11 is 0. The number of rotatable bonds is 20. The molecule has 2 amide bonds. The lowest BCUT2D eigenvalue weighted by atomic mass is 9.81. The largest absolute Gasteiger partial charge is 0.497 e. The summed E-state index contributed by atoms with van der Waals surface area (Å²) in [5.74, 6) is 7.32. The third kappa shape index (κ3) is 15.1. The molecule has 0 saturated heterocycles. The van der Waals surface area contributed by atoms with Gasteiger partial charge in [-0.2, -0.15) is 0 Å². The van der Waals surface area contributed by atoms with Crippen LogP contribution in [0.5, 0.6) is 11.5 Å². The van der Waals surface area contributed by atoms with Crippen LogP contribution in [-0.4, -0.2) is 85.0 Å². The lowest BCUT2D eigenvalue weighted by molar-refractivity contribution is 0.0639. The number of benzene rings is 2. The van der Waals surface area contributed by atoms with Crippen LogP contribution in [0.15, 0.2) is 73.1 Å². The maximum absolute atomic E-state index is 13.5. The summed E-state index contributed by atoms with van der Waals surface area (Å²) in [7, 11) is 3.20. The van der Waals surface area contributed by atoms with Crippen molar-refractivity contribution in [2.24, 2.45) is 11.8 Å². The average molecular weight is 801 g/mol. The third-order valence-electron chi connectivity index (χ3n) is 11.1. The molecule has 4 rings (SSSR count). The number of carbonyl (C=O) groups excluding carboxylic acids is 2. The summed E-state index contributed by atoms with van der Waals surface area (Å²) in [4.78, 5) is 30.5. The molecule has 0 aliphatic heterocycles. The Morgan fingerprint density at radius 3 is 1.57 bits per heavy atom. The first kappa shape index (κ1) is 51.1. The molecule has 0 radical (unpaired) electrons. The lowest BCUT2D eigenvalue weighted by Gasteiger charge is -2.39. The van der Waals surface area contributed by atoms with Crippen molar-refractivity contribution in [3.05, 3.63) is 84.2 Å². The molecule has 2 saturated carbocycles. The first-order chi connectivity index (χ1) is 27.3. The van der Waals surface area contributed by atoms with E-state index in [9.17, 15) is 9.59 Å². The van der Waals surface area contributed by atoms with E-state index in [2.05, 4.69) is 49.5 Å². The van der Waals surface area contributed by atoms with E-state index in [0.717, 1.165) is 81.6 Å². The molecular weight excluding hydrogens is 729 g/mol. The number of para-hydroxylation sites is 1. The molecule has 2 atom stereocenters. The fourth-order valence-electron chi connectivity index (χ4n) is 8.08. The molecule has 0 bridgehead atoms. The van der Waals surface area contributed by atoms with Gasteiger partial charge in [0.05, 0.1) is 45.0 Å². The summed E-state index contributed by atoms with van der Waals surface area (Å²) in [5.41, 5.74) is 2.98. The number of unbranched alkanes of at least 4 members (excludes halogenated alkanes) is 2. The number of hydrogen-bond acceptors (Lipinski definition) is 6. The minimum Gasteiger partial charge on any atom is -0.497 e. The molecule has 10 nitrogen and oxygen atoms in total. The van der Waals surface area contributed by atoms with Gasteiger partial charge in [-0.1, -0.05) is 102 Å². The van der Waals surface area contributed by atoms with Crippen molar-refractivity contribution in [3.8, 4) is 36.2 Å². The number of terminal acetylenes is 2. The maximum atomic E-state index is 13.5. The van der Waals surface area contributed by atoms with Crippen LogP contribution in [0.1, 0.15) is 124 Å². The highest BCUT2D eigenvalue weighted by atomic mass is 16.5. The normalized spacial score (nSPS) is 14.8. The molecule has 0 spiro atoms. The van der Waals surface area contributed by atoms with Gasteiger partial charge in [0.1, 0.15) is 11.5 Å². The van der Waals surface area contributed by atoms with Crippen LogP contribution >= 0.6 is 0 Å². The number of methoxy groups -OCH3 is 2. The zero-order valence-corrected chi connectivity index (χ0v) is 35.8. The number of carbonyl (C=O) groups is 2. The number of nitrogens with one attached hydrogen (secondary N) is 2. The third-order valence-corrected chi connectivity index (χ3v) is 11.1. The molecule has 10 heteroatoms. The van der Waals surface area contributed by atoms with Gasteiger partial charge in [-0.05, 0) is 86.8 Å². The highest BCUT2D eigenvalue weighted by Gasteiger charge is 2.36. The van der Waals surface area contributed by atoms with Crippen LogP contribution in [-0.2, 0) is 0 Å². The lowest BCUT2D eigenvalue weighted by Crippen LogP contribution is -2.49. The second-order valence-corrected chi connectivity index (χ2v) is 15.0. The van der Waals surface area contributed by atoms with E-state index in [-0.39, 0.29) is 47.9 Å². The number of ether oxygens (including phenoxy) is 2. The van der Waals surface area contributed by atoms with Gasteiger partial charge < -0.3 is 40.9 Å². The monoisotopic (exact) mass is 801 g/mol. The van der Waals surface area contributed by atoms with Gasteiger partial charge >= 0.3 is 0 Å². The van der Waals surface area contributed by atoms with Crippen molar-refractivity contribution in [1.82, 2.24) is 20.4 Å². The van der Waals surface area contributed by atoms with Gasteiger partial charge in [-0.3, -0.25) is 9.59 Å². The highest BCUT2D eigenvalue weighted by molar-refractivity contribution is 5.97. The van der Waals surface area contributed by atoms with Crippen molar-refractivity contribution in [1.29, 1.82) is 0 Å². The SMILES string of the molecule is C#CCN(C(=O)c1ccc(OC)cc1)C(C(=C)NCCCC)C1CCCCC1.C#CCN(C(=O)c1ccccc1OC)C(C(=C)NCCCC)C1CCCCC1.O.O. The quantitative estimate of drug-likeness (QED) is 0.104. The first-order valence-corrected chi connectivity index (χ1v) is 20.9. The fraction of sp³-hybridized carbons (Fsp3) is 0.542. The second kappa shape index (κ2) is 28.5. The van der Waals surface area contributed by atoms with Crippen molar-refractivity contribution in [2.75, 3.05) is 40.4 Å². The number of amides is 2. The Balaban J connectivity index is 0.000000561. The summed E-state index contributed by atoms with van der Waals surface area (Å²) in [6.45, 7) is 15.2. The number of hydrogen-bond donors (Lipinski definition) is 2. The van der Waals surface area contributed by atoms with Crippen molar-refractivity contribution < 1.29 is 30.0 Å². The zero-order valence-electron chi connectivity index (χ0n) is 35.8.